The van der Waals surface area contributed by atoms with Gasteiger partial charge in [-0.15, -0.1) is 0 Å². The summed E-state index contributed by atoms with van der Waals surface area (Å²) in [5.41, 5.74) is 0. The molecule has 0 amide bonds. The standard InChI is InChI=1S/C15H26N2O3S/c1-4-16-10-14-9-15(12(3)20-14)21(18,19)17-13-7-5-6-11(2)8-13/h9,11,13,16-17H,4-8,10H2,1-3H3. The molecule has 0 bridgehead atoms. The fourth-order valence-corrected chi connectivity index (χ4v) is 4.44. The molecule has 0 spiro atoms. The van der Waals surface area contributed by atoms with Crippen molar-refractivity contribution in [2.75, 3.05) is 6.54 Å². The van der Waals surface area contributed by atoms with E-state index in [0.717, 1.165) is 25.8 Å². The Labute approximate surface area is 127 Å². The number of furan rings is 1. The quantitative estimate of drug-likeness (QED) is 0.846. The molecule has 0 aliphatic heterocycles. The summed E-state index contributed by atoms with van der Waals surface area (Å²) in [6.45, 7) is 7.25. The van der Waals surface area contributed by atoms with Crippen molar-refractivity contribution in [3.63, 3.8) is 0 Å². The molecule has 120 valence electrons. The highest BCUT2D eigenvalue weighted by atomic mass is 32.2. The number of nitrogens with one attached hydrogen (secondary N) is 2. The maximum absolute atomic E-state index is 12.5. The van der Waals surface area contributed by atoms with Gasteiger partial charge in [-0.2, -0.15) is 0 Å². The smallest absolute Gasteiger partial charge is 0.244 e. The van der Waals surface area contributed by atoms with Gasteiger partial charge in [0, 0.05) is 12.1 Å². The molecule has 1 aliphatic carbocycles. The molecule has 1 aliphatic rings. The highest BCUT2D eigenvalue weighted by molar-refractivity contribution is 7.89. The molecule has 1 heterocycles. The van der Waals surface area contributed by atoms with Gasteiger partial charge in [-0.25, -0.2) is 13.1 Å². The van der Waals surface area contributed by atoms with E-state index in [2.05, 4.69) is 17.0 Å². The summed E-state index contributed by atoms with van der Waals surface area (Å²) in [5, 5.41) is 3.13. The molecule has 2 atom stereocenters. The largest absolute Gasteiger partial charge is 0.464 e. The molecule has 1 saturated carbocycles. The minimum Gasteiger partial charge on any atom is -0.464 e. The number of hydrogen-bond acceptors (Lipinski definition) is 4. The molecule has 21 heavy (non-hydrogen) atoms. The van der Waals surface area contributed by atoms with E-state index in [1.54, 1.807) is 13.0 Å². The lowest BCUT2D eigenvalue weighted by atomic mass is 9.88. The van der Waals surface area contributed by atoms with Crippen LogP contribution in [0.15, 0.2) is 15.4 Å². The van der Waals surface area contributed by atoms with Crippen molar-refractivity contribution in [2.24, 2.45) is 5.92 Å². The molecule has 1 fully saturated rings. The van der Waals surface area contributed by atoms with Crippen LogP contribution in [0.4, 0.5) is 0 Å². The van der Waals surface area contributed by atoms with Crippen LogP contribution in [-0.2, 0) is 16.6 Å². The molecular formula is C15H26N2O3S. The number of sulfonamides is 1. The second kappa shape index (κ2) is 6.94. The Morgan fingerprint density at radius 2 is 2.14 bits per heavy atom. The Balaban J connectivity index is 2.09. The summed E-state index contributed by atoms with van der Waals surface area (Å²) in [6, 6.07) is 1.68. The van der Waals surface area contributed by atoms with Gasteiger partial charge in [-0.05, 0) is 32.2 Å². The summed E-state index contributed by atoms with van der Waals surface area (Å²) < 4.78 is 33.4. The summed E-state index contributed by atoms with van der Waals surface area (Å²) >= 11 is 0. The van der Waals surface area contributed by atoms with Crippen LogP contribution in [0.2, 0.25) is 0 Å². The Bertz CT molecular complexity index is 565. The summed E-state index contributed by atoms with van der Waals surface area (Å²) in [4.78, 5) is 0.272. The minimum absolute atomic E-state index is 0.0465. The van der Waals surface area contributed by atoms with Crippen molar-refractivity contribution in [1.29, 1.82) is 0 Å². The third-order valence-electron chi connectivity index (χ3n) is 4.02. The van der Waals surface area contributed by atoms with E-state index in [9.17, 15) is 8.42 Å². The van der Waals surface area contributed by atoms with Gasteiger partial charge in [0.1, 0.15) is 16.4 Å². The molecule has 0 saturated heterocycles. The van der Waals surface area contributed by atoms with Crippen LogP contribution in [0.25, 0.3) is 0 Å². The van der Waals surface area contributed by atoms with E-state index in [1.165, 1.54) is 6.42 Å². The van der Waals surface area contributed by atoms with Gasteiger partial charge in [0.15, 0.2) is 0 Å². The van der Waals surface area contributed by atoms with E-state index >= 15 is 0 Å². The number of hydrogen-bond donors (Lipinski definition) is 2. The lowest BCUT2D eigenvalue weighted by Crippen LogP contribution is -2.38. The molecule has 2 N–H and O–H groups in total. The number of aryl methyl sites for hydroxylation is 1. The van der Waals surface area contributed by atoms with E-state index < -0.39 is 10.0 Å². The van der Waals surface area contributed by atoms with E-state index in [4.69, 9.17) is 4.42 Å². The van der Waals surface area contributed by atoms with E-state index in [-0.39, 0.29) is 10.9 Å². The zero-order valence-corrected chi connectivity index (χ0v) is 13.9. The Kier molecular flexibility index (Phi) is 5.46. The second-order valence-corrected chi connectivity index (χ2v) is 7.69. The summed E-state index contributed by atoms with van der Waals surface area (Å²) in [6.07, 6.45) is 4.12. The molecule has 5 nitrogen and oxygen atoms in total. The molecule has 0 radical (unpaired) electrons. The topological polar surface area (TPSA) is 71.3 Å². The van der Waals surface area contributed by atoms with Crippen molar-refractivity contribution in [3.8, 4) is 0 Å². The summed E-state index contributed by atoms with van der Waals surface area (Å²) in [7, 11) is -3.49. The van der Waals surface area contributed by atoms with Crippen molar-refractivity contribution < 1.29 is 12.8 Å². The van der Waals surface area contributed by atoms with Crippen LogP contribution in [0.3, 0.4) is 0 Å². The molecule has 0 aromatic carbocycles. The molecular weight excluding hydrogens is 288 g/mol. The lowest BCUT2D eigenvalue weighted by Gasteiger charge is -2.27. The predicted octanol–water partition coefficient (Wildman–Crippen LogP) is 2.55. The van der Waals surface area contributed by atoms with Crippen molar-refractivity contribution in [1.82, 2.24) is 10.0 Å². The first-order valence-corrected chi connectivity index (χ1v) is 9.23. The minimum atomic E-state index is -3.49. The summed E-state index contributed by atoms with van der Waals surface area (Å²) in [5.74, 6) is 1.70. The zero-order valence-electron chi connectivity index (χ0n) is 13.1. The molecule has 1 aromatic heterocycles. The monoisotopic (exact) mass is 314 g/mol. The van der Waals surface area contributed by atoms with Crippen LogP contribution < -0.4 is 10.0 Å². The first-order chi connectivity index (χ1) is 9.92. The highest BCUT2D eigenvalue weighted by Crippen LogP contribution is 2.26. The predicted molar refractivity (Wildman–Crippen MR) is 82.6 cm³/mol. The molecule has 2 unspecified atom stereocenters. The fraction of sp³-hybridized carbons (Fsp3) is 0.733. The average Bonchev–Trinajstić information content (AvgIpc) is 2.78. The van der Waals surface area contributed by atoms with Crippen molar-refractivity contribution in [3.05, 3.63) is 17.6 Å². The van der Waals surface area contributed by atoms with E-state index in [0.29, 0.717) is 24.0 Å². The Morgan fingerprint density at radius 3 is 2.81 bits per heavy atom. The first kappa shape index (κ1) is 16.5. The number of rotatable bonds is 6. The van der Waals surface area contributed by atoms with Crippen LogP contribution in [0, 0.1) is 12.8 Å². The second-order valence-electron chi connectivity index (χ2n) is 6.00. The van der Waals surface area contributed by atoms with Gasteiger partial charge >= 0.3 is 0 Å². The SMILES string of the molecule is CCNCc1cc(S(=O)(=O)NC2CCCC(C)C2)c(C)o1. The van der Waals surface area contributed by atoms with Crippen molar-refractivity contribution in [2.45, 2.75) is 63.9 Å². The van der Waals surface area contributed by atoms with Gasteiger partial charge < -0.3 is 9.73 Å². The normalized spacial score (nSPS) is 23.4. The van der Waals surface area contributed by atoms with Crippen LogP contribution in [-0.4, -0.2) is 21.0 Å². The highest BCUT2D eigenvalue weighted by Gasteiger charge is 2.27. The van der Waals surface area contributed by atoms with Gasteiger partial charge in [0.05, 0.1) is 6.54 Å². The van der Waals surface area contributed by atoms with Crippen LogP contribution in [0.1, 0.15) is 51.1 Å². The third-order valence-corrected chi connectivity index (χ3v) is 5.65. The first-order valence-electron chi connectivity index (χ1n) is 7.74. The maximum atomic E-state index is 12.5. The van der Waals surface area contributed by atoms with Gasteiger partial charge in [-0.1, -0.05) is 26.7 Å². The zero-order chi connectivity index (χ0) is 15.5. The van der Waals surface area contributed by atoms with Gasteiger partial charge in [0.25, 0.3) is 0 Å². The fourth-order valence-electron chi connectivity index (χ4n) is 2.95. The Hall–Kier alpha value is -0.850. The third kappa shape index (κ3) is 4.31. The Morgan fingerprint density at radius 1 is 1.38 bits per heavy atom. The molecule has 6 heteroatoms. The van der Waals surface area contributed by atoms with Gasteiger partial charge in [-0.3, -0.25) is 0 Å². The lowest BCUT2D eigenvalue weighted by molar-refractivity contribution is 0.327. The van der Waals surface area contributed by atoms with Crippen LogP contribution >= 0.6 is 0 Å². The van der Waals surface area contributed by atoms with Crippen LogP contribution in [0.5, 0.6) is 0 Å². The van der Waals surface area contributed by atoms with E-state index in [1.807, 2.05) is 6.92 Å². The maximum Gasteiger partial charge on any atom is 0.244 e. The van der Waals surface area contributed by atoms with Crippen molar-refractivity contribution >= 4 is 10.0 Å². The molecule has 1 aromatic rings. The average molecular weight is 314 g/mol. The molecule has 2 rings (SSSR count). The van der Waals surface area contributed by atoms with Gasteiger partial charge in [0.2, 0.25) is 10.0 Å².